The molecule has 0 spiro atoms. The zero-order valence-electron chi connectivity index (χ0n) is 13.9. The zero-order chi connectivity index (χ0) is 17.2. The third-order valence-electron chi connectivity index (χ3n) is 4.03. The minimum atomic E-state index is 0.258. The molecule has 7 nitrogen and oxygen atoms in total. The Morgan fingerprint density at radius 3 is 2.64 bits per heavy atom. The third kappa shape index (κ3) is 3.16. The van der Waals surface area contributed by atoms with Gasteiger partial charge in [-0.3, -0.25) is 4.68 Å². The maximum Gasteiger partial charge on any atom is 0.222 e. The number of anilines is 2. The van der Waals surface area contributed by atoms with Gasteiger partial charge in [-0.25, -0.2) is 4.98 Å². The van der Waals surface area contributed by atoms with Crippen molar-refractivity contribution in [3.8, 4) is 0 Å². The summed E-state index contributed by atoms with van der Waals surface area (Å²) in [5, 5.41) is 7.72. The van der Waals surface area contributed by atoms with Gasteiger partial charge < -0.3 is 15.6 Å². The lowest BCUT2D eigenvalue weighted by molar-refractivity contribution is 0.747. The smallest absolute Gasteiger partial charge is 0.222 e. The van der Waals surface area contributed by atoms with Crippen LogP contribution in [-0.4, -0.2) is 24.3 Å². The molecular weight excluding hydrogens is 314 g/mol. The monoisotopic (exact) mass is 333 g/mol. The maximum absolute atomic E-state index is 5.87. The van der Waals surface area contributed by atoms with Gasteiger partial charge >= 0.3 is 0 Å². The molecule has 0 aliphatic carbocycles. The zero-order valence-corrected chi connectivity index (χ0v) is 13.9. The minimum Gasteiger partial charge on any atom is -0.368 e. The number of hydrogen-bond donors (Lipinski definition) is 2. The first-order valence-corrected chi connectivity index (χ1v) is 8.08. The number of fused-ring (bicyclic) bond motifs is 1. The molecule has 0 unspecified atom stereocenters. The highest BCUT2D eigenvalue weighted by Crippen LogP contribution is 2.24. The molecule has 3 heterocycles. The van der Waals surface area contributed by atoms with Crippen LogP contribution in [0.2, 0.25) is 0 Å². The summed E-state index contributed by atoms with van der Waals surface area (Å²) in [4.78, 5) is 8.74. The van der Waals surface area contributed by atoms with E-state index in [9.17, 15) is 0 Å². The van der Waals surface area contributed by atoms with Gasteiger partial charge in [0.1, 0.15) is 5.52 Å². The van der Waals surface area contributed by atoms with Crippen molar-refractivity contribution >= 4 is 22.8 Å². The maximum atomic E-state index is 5.87. The Balaban J connectivity index is 1.68. The van der Waals surface area contributed by atoms with E-state index in [0.717, 1.165) is 23.3 Å². The molecule has 3 N–H and O–H groups in total. The SMILES string of the molecule is Cn1ccc(CNc2nc(N)nc3ccn(Cc4ccccc4)c23)n1. The second kappa shape index (κ2) is 6.27. The van der Waals surface area contributed by atoms with Crippen molar-refractivity contribution in [3.63, 3.8) is 0 Å². The highest BCUT2D eigenvalue weighted by Gasteiger charge is 2.12. The number of nitrogens with zero attached hydrogens (tertiary/aromatic N) is 5. The van der Waals surface area contributed by atoms with Gasteiger partial charge in [0, 0.05) is 26.0 Å². The van der Waals surface area contributed by atoms with Crippen LogP contribution < -0.4 is 11.1 Å². The molecule has 0 atom stereocenters. The van der Waals surface area contributed by atoms with Crippen molar-refractivity contribution in [1.29, 1.82) is 0 Å². The van der Waals surface area contributed by atoms with Crippen LogP contribution in [0.4, 0.5) is 11.8 Å². The quantitative estimate of drug-likeness (QED) is 0.586. The topological polar surface area (TPSA) is 86.6 Å². The Bertz CT molecular complexity index is 1000. The van der Waals surface area contributed by atoms with Crippen LogP contribution in [0.3, 0.4) is 0 Å². The van der Waals surface area contributed by atoms with E-state index in [-0.39, 0.29) is 5.95 Å². The Hall–Kier alpha value is -3.35. The van der Waals surface area contributed by atoms with Crippen LogP contribution >= 0.6 is 0 Å². The number of nitrogens with one attached hydrogen (secondary N) is 1. The largest absolute Gasteiger partial charge is 0.368 e. The van der Waals surface area contributed by atoms with Gasteiger partial charge in [0.15, 0.2) is 5.82 Å². The number of aryl methyl sites for hydroxylation is 1. The molecule has 25 heavy (non-hydrogen) atoms. The van der Waals surface area contributed by atoms with E-state index in [1.165, 1.54) is 5.56 Å². The average molecular weight is 333 g/mol. The van der Waals surface area contributed by atoms with Crippen molar-refractivity contribution in [2.75, 3.05) is 11.1 Å². The molecule has 0 aliphatic heterocycles. The molecule has 0 fully saturated rings. The van der Waals surface area contributed by atoms with E-state index in [2.05, 4.69) is 37.1 Å². The van der Waals surface area contributed by atoms with Crippen molar-refractivity contribution in [3.05, 3.63) is 66.1 Å². The summed E-state index contributed by atoms with van der Waals surface area (Å²) in [6, 6.07) is 14.2. The first kappa shape index (κ1) is 15.2. The van der Waals surface area contributed by atoms with E-state index in [1.807, 2.05) is 49.8 Å². The van der Waals surface area contributed by atoms with Crippen molar-refractivity contribution in [2.24, 2.45) is 7.05 Å². The second-order valence-electron chi connectivity index (χ2n) is 5.93. The van der Waals surface area contributed by atoms with Crippen molar-refractivity contribution in [2.45, 2.75) is 13.1 Å². The molecule has 4 aromatic rings. The summed E-state index contributed by atoms with van der Waals surface area (Å²) in [7, 11) is 1.90. The van der Waals surface area contributed by atoms with Crippen molar-refractivity contribution < 1.29 is 0 Å². The number of aromatic nitrogens is 5. The first-order chi connectivity index (χ1) is 12.2. The normalized spacial score (nSPS) is 11.1. The molecule has 0 saturated heterocycles. The van der Waals surface area contributed by atoms with Gasteiger partial charge in [-0.05, 0) is 17.7 Å². The number of benzene rings is 1. The molecule has 7 heteroatoms. The molecule has 4 rings (SSSR count). The van der Waals surface area contributed by atoms with Crippen LogP contribution in [-0.2, 0) is 20.1 Å². The fraction of sp³-hybridized carbons (Fsp3) is 0.167. The highest BCUT2D eigenvalue weighted by molar-refractivity contribution is 5.87. The average Bonchev–Trinajstić information content (AvgIpc) is 3.20. The number of hydrogen-bond acceptors (Lipinski definition) is 5. The Kier molecular flexibility index (Phi) is 3.81. The number of nitrogen functional groups attached to an aromatic ring is 1. The second-order valence-corrected chi connectivity index (χ2v) is 5.93. The Labute approximate surface area is 145 Å². The van der Waals surface area contributed by atoms with E-state index >= 15 is 0 Å². The van der Waals surface area contributed by atoms with Crippen LogP contribution in [0.25, 0.3) is 11.0 Å². The standard InChI is InChI=1S/C18H19N7/c1-24-9-7-14(23-24)11-20-17-16-15(21-18(19)22-17)8-10-25(16)12-13-5-3-2-4-6-13/h2-10H,11-12H2,1H3,(H3,19,20,21,22). The van der Waals surface area contributed by atoms with Gasteiger partial charge in [0.2, 0.25) is 5.95 Å². The molecule has 0 amide bonds. The summed E-state index contributed by atoms with van der Waals surface area (Å²) < 4.78 is 3.91. The summed E-state index contributed by atoms with van der Waals surface area (Å²) >= 11 is 0. The van der Waals surface area contributed by atoms with Gasteiger partial charge in [0.05, 0.1) is 17.8 Å². The summed E-state index contributed by atoms with van der Waals surface area (Å²) in [5.41, 5.74) is 9.79. The lowest BCUT2D eigenvalue weighted by Gasteiger charge is -2.11. The molecule has 1 aromatic carbocycles. The molecule has 0 bridgehead atoms. The van der Waals surface area contributed by atoms with Crippen molar-refractivity contribution in [1.82, 2.24) is 24.3 Å². The molecule has 0 radical (unpaired) electrons. The highest BCUT2D eigenvalue weighted by atomic mass is 15.3. The number of rotatable bonds is 5. The molecular formula is C18H19N7. The summed E-state index contributed by atoms with van der Waals surface area (Å²) in [6.45, 7) is 1.32. The molecule has 126 valence electrons. The number of nitrogens with two attached hydrogens (primary N) is 1. The van der Waals surface area contributed by atoms with Crippen LogP contribution in [0, 0.1) is 0 Å². The lowest BCUT2D eigenvalue weighted by Crippen LogP contribution is -2.08. The summed E-state index contributed by atoms with van der Waals surface area (Å²) in [5.74, 6) is 0.975. The first-order valence-electron chi connectivity index (χ1n) is 8.08. The predicted octanol–water partition coefficient (Wildman–Crippen LogP) is 2.41. The fourth-order valence-corrected chi connectivity index (χ4v) is 2.89. The Morgan fingerprint density at radius 1 is 1.04 bits per heavy atom. The van der Waals surface area contributed by atoms with Crippen LogP contribution in [0.5, 0.6) is 0 Å². The van der Waals surface area contributed by atoms with Crippen LogP contribution in [0.1, 0.15) is 11.3 Å². The molecule has 0 aliphatic rings. The predicted molar refractivity (Wildman–Crippen MR) is 98.0 cm³/mol. The molecule has 3 aromatic heterocycles. The van der Waals surface area contributed by atoms with E-state index in [1.54, 1.807) is 4.68 Å². The van der Waals surface area contributed by atoms with Crippen LogP contribution in [0.15, 0.2) is 54.9 Å². The minimum absolute atomic E-state index is 0.258. The van der Waals surface area contributed by atoms with E-state index in [4.69, 9.17) is 5.73 Å². The van der Waals surface area contributed by atoms with Gasteiger partial charge in [-0.2, -0.15) is 10.1 Å². The van der Waals surface area contributed by atoms with E-state index < -0.39 is 0 Å². The van der Waals surface area contributed by atoms with Gasteiger partial charge in [0.25, 0.3) is 0 Å². The lowest BCUT2D eigenvalue weighted by atomic mass is 10.2. The fourth-order valence-electron chi connectivity index (χ4n) is 2.89. The van der Waals surface area contributed by atoms with E-state index in [0.29, 0.717) is 12.4 Å². The summed E-state index contributed by atoms with van der Waals surface area (Å²) in [6.07, 6.45) is 3.93. The van der Waals surface area contributed by atoms with Gasteiger partial charge in [-0.1, -0.05) is 30.3 Å². The third-order valence-corrected chi connectivity index (χ3v) is 4.03. The van der Waals surface area contributed by atoms with Gasteiger partial charge in [-0.15, -0.1) is 0 Å². The Morgan fingerprint density at radius 2 is 1.88 bits per heavy atom. The molecule has 0 saturated carbocycles.